The molecular formula is C15H15Br2ClN2. The number of halogens is 3. The molecule has 0 aliphatic rings. The van der Waals surface area contributed by atoms with Gasteiger partial charge in [-0.1, -0.05) is 53.5 Å². The van der Waals surface area contributed by atoms with Gasteiger partial charge in [-0.15, -0.1) is 0 Å². The molecule has 2 aromatic rings. The van der Waals surface area contributed by atoms with Gasteiger partial charge in [-0.3, -0.25) is 0 Å². The van der Waals surface area contributed by atoms with E-state index in [1.54, 1.807) is 0 Å². The highest BCUT2D eigenvalue weighted by Gasteiger charge is 2.12. The van der Waals surface area contributed by atoms with E-state index in [0.29, 0.717) is 17.5 Å². The Bertz CT molecular complexity index is 598. The van der Waals surface area contributed by atoms with Crippen molar-refractivity contribution in [1.82, 2.24) is 9.97 Å². The summed E-state index contributed by atoms with van der Waals surface area (Å²) in [5.74, 6) is 1.29. The number of aromatic nitrogens is 2. The molecule has 2 nitrogen and oxygen atoms in total. The maximum absolute atomic E-state index is 6.19. The molecule has 20 heavy (non-hydrogen) atoms. The molecule has 0 unspecified atom stereocenters. The van der Waals surface area contributed by atoms with Crippen molar-refractivity contribution in [2.45, 2.75) is 26.7 Å². The Balaban J connectivity index is 2.27. The third kappa shape index (κ3) is 4.27. The van der Waals surface area contributed by atoms with Gasteiger partial charge in [-0.2, -0.15) is 0 Å². The quantitative estimate of drug-likeness (QED) is 0.618. The summed E-state index contributed by atoms with van der Waals surface area (Å²) in [5.41, 5.74) is 2.15. The van der Waals surface area contributed by atoms with Crippen LogP contribution in [0.2, 0.25) is 5.15 Å². The van der Waals surface area contributed by atoms with Crippen LogP contribution in [0, 0.1) is 5.92 Å². The van der Waals surface area contributed by atoms with Crippen LogP contribution in [0.4, 0.5) is 0 Å². The van der Waals surface area contributed by atoms with Gasteiger partial charge in [-0.25, -0.2) is 9.97 Å². The average Bonchev–Trinajstić information content (AvgIpc) is 2.37. The summed E-state index contributed by atoms with van der Waals surface area (Å²) in [6.07, 6.45) is 1.57. The fourth-order valence-electron chi connectivity index (χ4n) is 1.90. The van der Waals surface area contributed by atoms with Crippen molar-refractivity contribution < 1.29 is 0 Å². The maximum atomic E-state index is 6.19. The second-order valence-corrected chi connectivity index (χ2v) is 7.16. The molecule has 1 heterocycles. The van der Waals surface area contributed by atoms with Gasteiger partial charge in [0.1, 0.15) is 11.0 Å². The Hall–Kier alpha value is -0.450. The molecule has 0 aliphatic heterocycles. The van der Waals surface area contributed by atoms with E-state index in [4.69, 9.17) is 11.6 Å². The Morgan fingerprint density at radius 1 is 1.10 bits per heavy atom. The van der Waals surface area contributed by atoms with E-state index >= 15 is 0 Å². The molecule has 0 aliphatic carbocycles. The molecule has 0 bridgehead atoms. The molecule has 106 valence electrons. The van der Waals surface area contributed by atoms with Crippen molar-refractivity contribution in [2.75, 3.05) is 0 Å². The predicted octanol–water partition coefficient (Wildman–Crippen LogP) is 5.44. The maximum Gasteiger partial charge on any atom is 0.147 e. The summed E-state index contributed by atoms with van der Waals surface area (Å²) < 4.78 is 1.88. The highest BCUT2D eigenvalue weighted by Crippen LogP contribution is 2.26. The van der Waals surface area contributed by atoms with Crippen molar-refractivity contribution in [2.24, 2.45) is 5.92 Å². The zero-order chi connectivity index (χ0) is 14.7. The zero-order valence-electron chi connectivity index (χ0n) is 11.3. The zero-order valence-corrected chi connectivity index (χ0v) is 15.3. The molecular weight excluding hydrogens is 403 g/mol. The third-order valence-electron chi connectivity index (χ3n) is 2.80. The van der Waals surface area contributed by atoms with Crippen molar-refractivity contribution in [3.05, 3.63) is 55.4 Å². The Morgan fingerprint density at radius 3 is 2.35 bits per heavy atom. The Morgan fingerprint density at radius 2 is 1.75 bits per heavy atom. The highest BCUT2D eigenvalue weighted by atomic mass is 79.9. The van der Waals surface area contributed by atoms with Gasteiger partial charge in [0.25, 0.3) is 0 Å². The smallest absolute Gasteiger partial charge is 0.147 e. The molecule has 0 fully saturated rings. The first-order chi connectivity index (χ1) is 9.45. The van der Waals surface area contributed by atoms with E-state index in [9.17, 15) is 0 Å². The SMILES string of the molecule is CC(C)Cc1nc(Cc2ccc(Br)cc2)nc(Cl)c1Br. The van der Waals surface area contributed by atoms with E-state index in [0.717, 1.165) is 26.9 Å². The first-order valence-corrected chi connectivity index (χ1v) is 8.37. The Labute approximate surface area is 141 Å². The standard InChI is InChI=1S/C15H15Br2ClN2/c1-9(2)7-12-14(17)15(18)20-13(19-12)8-10-3-5-11(16)6-4-10/h3-6,9H,7-8H2,1-2H3. The summed E-state index contributed by atoms with van der Waals surface area (Å²) in [4.78, 5) is 8.99. The van der Waals surface area contributed by atoms with Gasteiger partial charge >= 0.3 is 0 Å². The van der Waals surface area contributed by atoms with Crippen LogP contribution in [0.15, 0.2) is 33.2 Å². The number of rotatable bonds is 4. The minimum Gasteiger partial charge on any atom is -0.236 e. The molecule has 0 saturated carbocycles. The molecule has 1 aromatic heterocycles. The van der Waals surface area contributed by atoms with Gasteiger partial charge < -0.3 is 0 Å². The van der Waals surface area contributed by atoms with Crippen molar-refractivity contribution in [3.63, 3.8) is 0 Å². The predicted molar refractivity (Wildman–Crippen MR) is 90.2 cm³/mol. The summed E-state index contributed by atoms with van der Waals surface area (Å²) in [5, 5.41) is 0.489. The Kier molecular flexibility index (Phi) is 5.58. The number of benzene rings is 1. The minimum atomic E-state index is 0.489. The molecule has 0 amide bonds. The van der Waals surface area contributed by atoms with Crippen molar-refractivity contribution >= 4 is 43.5 Å². The summed E-state index contributed by atoms with van der Waals surface area (Å²) in [7, 11) is 0. The van der Waals surface area contributed by atoms with E-state index in [2.05, 4.69) is 67.8 Å². The lowest BCUT2D eigenvalue weighted by Gasteiger charge is -2.10. The van der Waals surface area contributed by atoms with E-state index in [1.165, 1.54) is 5.56 Å². The molecule has 5 heteroatoms. The lowest BCUT2D eigenvalue weighted by atomic mass is 10.1. The molecule has 2 rings (SSSR count). The van der Waals surface area contributed by atoms with Crippen LogP contribution < -0.4 is 0 Å². The highest BCUT2D eigenvalue weighted by molar-refractivity contribution is 9.10. The van der Waals surface area contributed by atoms with Gasteiger partial charge in [-0.05, 0) is 46.0 Å². The molecule has 0 atom stereocenters. The monoisotopic (exact) mass is 416 g/mol. The molecule has 0 spiro atoms. The van der Waals surface area contributed by atoms with Gasteiger partial charge in [0, 0.05) is 10.9 Å². The minimum absolute atomic E-state index is 0.489. The molecule has 1 aromatic carbocycles. The fourth-order valence-corrected chi connectivity index (χ4v) is 2.71. The second-order valence-electron chi connectivity index (χ2n) is 5.09. The first kappa shape index (κ1) is 15.9. The van der Waals surface area contributed by atoms with Gasteiger partial charge in [0.2, 0.25) is 0 Å². The summed E-state index contributed by atoms with van der Waals surface area (Å²) >= 11 is 13.1. The molecule has 0 radical (unpaired) electrons. The number of nitrogens with zero attached hydrogens (tertiary/aromatic N) is 2. The number of hydrogen-bond acceptors (Lipinski definition) is 2. The van der Waals surface area contributed by atoms with Crippen LogP contribution in [-0.4, -0.2) is 9.97 Å². The lowest BCUT2D eigenvalue weighted by molar-refractivity contribution is 0.628. The van der Waals surface area contributed by atoms with E-state index in [1.807, 2.05) is 12.1 Å². The topological polar surface area (TPSA) is 25.8 Å². The largest absolute Gasteiger partial charge is 0.236 e. The lowest BCUT2D eigenvalue weighted by Crippen LogP contribution is -2.05. The molecule has 0 saturated heterocycles. The fraction of sp³-hybridized carbons (Fsp3) is 0.333. The van der Waals surface area contributed by atoms with Gasteiger partial charge in [0.15, 0.2) is 0 Å². The van der Waals surface area contributed by atoms with Crippen LogP contribution in [0.1, 0.15) is 30.9 Å². The summed E-state index contributed by atoms with van der Waals surface area (Å²) in [6.45, 7) is 4.33. The number of hydrogen-bond donors (Lipinski definition) is 0. The van der Waals surface area contributed by atoms with Gasteiger partial charge in [0.05, 0.1) is 10.2 Å². The van der Waals surface area contributed by atoms with E-state index in [-0.39, 0.29) is 0 Å². The second kappa shape index (κ2) is 7.01. The summed E-state index contributed by atoms with van der Waals surface area (Å²) in [6, 6.07) is 8.16. The van der Waals surface area contributed by atoms with Crippen molar-refractivity contribution in [1.29, 1.82) is 0 Å². The van der Waals surface area contributed by atoms with Crippen molar-refractivity contribution in [3.8, 4) is 0 Å². The van der Waals surface area contributed by atoms with Crippen LogP contribution in [-0.2, 0) is 12.8 Å². The van der Waals surface area contributed by atoms with Crippen LogP contribution >= 0.6 is 43.5 Å². The van der Waals surface area contributed by atoms with Crippen LogP contribution in [0.3, 0.4) is 0 Å². The third-order valence-corrected chi connectivity index (χ3v) is 4.67. The average molecular weight is 419 g/mol. The van der Waals surface area contributed by atoms with Crippen LogP contribution in [0.25, 0.3) is 0 Å². The van der Waals surface area contributed by atoms with Crippen LogP contribution in [0.5, 0.6) is 0 Å². The normalized spacial score (nSPS) is 11.1. The first-order valence-electron chi connectivity index (χ1n) is 6.41. The van der Waals surface area contributed by atoms with E-state index < -0.39 is 0 Å². The molecule has 0 N–H and O–H groups in total.